The van der Waals surface area contributed by atoms with Gasteiger partial charge in [0.1, 0.15) is 17.4 Å². The summed E-state index contributed by atoms with van der Waals surface area (Å²) < 4.78 is 42.8. The van der Waals surface area contributed by atoms with Crippen molar-refractivity contribution in [2.24, 2.45) is 5.41 Å². The number of rotatable bonds is 8. The summed E-state index contributed by atoms with van der Waals surface area (Å²) in [6.45, 7) is 3.28. The lowest BCUT2D eigenvalue weighted by Gasteiger charge is -2.54. The normalized spacial score (nSPS) is 23.3. The first-order chi connectivity index (χ1) is 17.1. The minimum absolute atomic E-state index is 0.106. The van der Waals surface area contributed by atoms with E-state index in [1.165, 1.54) is 12.8 Å². The SMILES string of the molecule is N#CC1(NC(=O)C(CCC(F)(F)c2ccc(F)cc2)NC(=O)N2CC3(CCN(C4CC4)CC3)C2)CC1. The van der Waals surface area contributed by atoms with Crippen molar-refractivity contribution in [3.63, 3.8) is 0 Å². The second kappa shape index (κ2) is 9.25. The number of amides is 3. The van der Waals surface area contributed by atoms with Crippen molar-refractivity contribution < 1.29 is 22.8 Å². The van der Waals surface area contributed by atoms with E-state index in [-0.39, 0.29) is 17.4 Å². The number of carbonyl (C=O) groups is 2. The Bertz CT molecular complexity index is 1030. The molecule has 1 unspecified atom stereocenters. The van der Waals surface area contributed by atoms with Crippen molar-refractivity contribution >= 4 is 11.9 Å². The summed E-state index contributed by atoms with van der Waals surface area (Å²) in [5, 5.41) is 14.6. The highest BCUT2D eigenvalue weighted by Gasteiger charge is 2.49. The summed E-state index contributed by atoms with van der Waals surface area (Å²) >= 11 is 0. The zero-order valence-electron chi connectivity index (χ0n) is 20.2. The molecule has 5 rings (SSSR count). The third-order valence-corrected chi connectivity index (χ3v) is 8.22. The predicted molar refractivity (Wildman–Crippen MR) is 125 cm³/mol. The third kappa shape index (κ3) is 5.31. The van der Waals surface area contributed by atoms with Crippen LogP contribution in [0.2, 0.25) is 0 Å². The van der Waals surface area contributed by atoms with Gasteiger partial charge in [-0.25, -0.2) is 18.0 Å². The maximum Gasteiger partial charge on any atom is 0.318 e. The average molecular weight is 504 g/mol. The molecule has 2 aliphatic carbocycles. The monoisotopic (exact) mass is 503 g/mol. The van der Waals surface area contributed by atoms with E-state index in [1.807, 2.05) is 0 Å². The molecule has 0 radical (unpaired) electrons. The molecule has 2 aliphatic heterocycles. The number of piperidine rings is 1. The first kappa shape index (κ1) is 24.9. The number of nitriles is 1. The first-order valence-electron chi connectivity index (χ1n) is 12.8. The topological polar surface area (TPSA) is 88.5 Å². The van der Waals surface area contributed by atoms with Crippen LogP contribution in [0.5, 0.6) is 0 Å². The molecule has 1 spiro atoms. The fourth-order valence-corrected chi connectivity index (χ4v) is 5.41. The molecule has 3 amide bonds. The van der Waals surface area contributed by atoms with Crippen LogP contribution in [0.1, 0.15) is 56.9 Å². The van der Waals surface area contributed by atoms with Gasteiger partial charge in [0.05, 0.1) is 6.07 Å². The van der Waals surface area contributed by atoms with Gasteiger partial charge in [-0.05, 0) is 70.2 Å². The first-order valence-corrected chi connectivity index (χ1v) is 12.8. The van der Waals surface area contributed by atoms with Crippen LogP contribution in [-0.2, 0) is 10.7 Å². The molecule has 2 heterocycles. The Morgan fingerprint density at radius 1 is 1.11 bits per heavy atom. The molecule has 1 aromatic carbocycles. The Kier molecular flexibility index (Phi) is 6.39. The molecule has 1 aromatic rings. The van der Waals surface area contributed by atoms with Gasteiger partial charge in [-0.2, -0.15) is 5.26 Å². The zero-order valence-corrected chi connectivity index (χ0v) is 20.2. The maximum absolute atomic E-state index is 14.8. The zero-order chi connectivity index (χ0) is 25.6. The highest BCUT2D eigenvalue weighted by molar-refractivity contribution is 5.88. The molecule has 1 atom stereocenters. The van der Waals surface area contributed by atoms with E-state index in [0.717, 1.165) is 56.2 Å². The molecule has 4 aliphatic rings. The van der Waals surface area contributed by atoms with Gasteiger partial charge in [-0.1, -0.05) is 12.1 Å². The second-order valence-electron chi connectivity index (χ2n) is 11.1. The Morgan fingerprint density at radius 2 is 1.75 bits per heavy atom. The number of urea groups is 1. The van der Waals surface area contributed by atoms with Crippen LogP contribution >= 0.6 is 0 Å². The number of hydrogen-bond donors (Lipinski definition) is 2. The molecular formula is C26H32F3N5O2. The van der Waals surface area contributed by atoms with Gasteiger partial charge in [-0.3, -0.25) is 4.79 Å². The number of nitrogens with zero attached hydrogens (tertiary/aromatic N) is 3. The smallest absolute Gasteiger partial charge is 0.318 e. The molecule has 2 N–H and O–H groups in total. The van der Waals surface area contributed by atoms with Crippen molar-refractivity contribution in [1.82, 2.24) is 20.4 Å². The van der Waals surface area contributed by atoms with E-state index in [2.05, 4.69) is 21.6 Å². The summed E-state index contributed by atoms with van der Waals surface area (Å²) in [6, 6.07) is 5.10. The lowest BCUT2D eigenvalue weighted by atomic mass is 9.72. The fourth-order valence-electron chi connectivity index (χ4n) is 5.41. The molecule has 2 saturated heterocycles. The van der Waals surface area contributed by atoms with Crippen LogP contribution in [-0.4, -0.2) is 65.5 Å². The predicted octanol–water partition coefficient (Wildman–Crippen LogP) is 3.51. The number of likely N-dealkylation sites (tertiary alicyclic amines) is 2. The van der Waals surface area contributed by atoms with E-state index >= 15 is 0 Å². The van der Waals surface area contributed by atoms with Crippen molar-refractivity contribution in [3.8, 4) is 6.07 Å². The van der Waals surface area contributed by atoms with Crippen molar-refractivity contribution in [1.29, 1.82) is 5.26 Å². The lowest BCUT2D eigenvalue weighted by Crippen LogP contribution is -2.65. The molecule has 7 nitrogen and oxygen atoms in total. The fraction of sp³-hybridized carbons (Fsp3) is 0.654. The van der Waals surface area contributed by atoms with E-state index in [0.29, 0.717) is 25.9 Å². The number of halogens is 3. The largest absolute Gasteiger partial charge is 0.336 e. The average Bonchev–Trinajstić information content (AvgIpc) is 3.76. The summed E-state index contributed by atoms with van der Waals surface area (Å²) in [6.07, 6.45) is 4.58. The number of alkyl halides is 2. The van der Waals surface area contributed by atoms with Gasteiger partial charge >= 0.3 is 6.03 Å². The Balaban J connectivity index is 1.19. The quantitative estimate of drug-likeness (QED) is 0.568. The standard InChI is InChI=1S/C26H32F3N5O2/c27-19-3-1-18(2-4-19)26(28,29)8-7-21(22(35)32-25(15-30)9-10-25)31-23(36)34-16-24(17-34)11-13-33(14-12-24)20-5-6-20/h1-4,20-21H,5-14,16-17H2,(H,31,36)(H,32,35). The maximum atomic E-state index is 14.8. The summed E-state index contributed by atoms with van der Waals surface area (Å²) in [4.78, 5) is 30.1. The second-order valence-corrected chi connectivity index (χ2v) is 11.1. The minimum atomic E-state index is -3.31. The van der Waals surface area contributed by atoms with Crippen LogP contribution < -0.4 is 10.6 Å². The molecule has 2 saturated carbocycles. The van der Waals surface area contributed by atoms with Gasteiger partial charge in [0.2, 0.25) is 5.91 Å². The molecule has 4 fully saturated rings. The van der Waals surface area contributed by atoms with E-state index in [4.69, 9.17) is 0 Å². The number of hydrogen-bond acceptors (Lipinski definition) is 4. The van der Waals surface area contributed by atoms with Gasteiger partial charge in [0.25, 0.3) is 5.92 Å². The van der Waals surface area contributed by atoms with Gasteiger partial charge in [0.15, 0.2) is 0 Å². The highest BCUT2D eigenvalue weighted by atomic mass is 19.3. The Morgan fingerprint density at radius 3 is 2.31 bits per heavy atom. The highest BCUT2D eigenvalue weighted by Crippen LogP contribution is 2.43. The summed E-state index contributed by atoms with van der Waals surface area (Å²) in [7, 11) is 0. The molecule has 36 heavy (non-hydrogen) atoms. The molecule has 10 heteroatoms. The Hall–Kier alpha value is -2.80. The van der Waals surface area contributed by atoms with Crippen LogP contribution in [0, 0.1) is 22.6 Å². The molecule has 194 valence electrons. The van der Waals surface area contributed by atoms with Crippen molar-refractivity contribution in [2.75, 3.05) is 26.2 Å². The van der Waals surface area contributed by atoms with E-state index in [9.17, 15) is 28.0 Å². The van der Waals surface area contributed by atoms with Gasteiger partial charge in [-0.15, -0.1) is 0 Å². The molecule has 0 aromatic heterocycles. The summed E-state index contributed by atoms with van der Waals surface area (Å²) in [5.74, 6) is -4.55. The molecule has 0 bridgehead atoms. The summed E-state index contributed by atoms with van der Waals surface area (Å²) in [5.41, 5.74) is -1.22. The molecular weight excluding hydrogens is 471 g/mol. The van der Waals surface area contributed by atoms with Crippen LogP contribution in [0.4, 0.5) is 18.0 Å². The van der Waals surface area contributed by atoms with Gasteiger partial charge in [0, 0.05) is 36.5 Å². The van der Waals surface area contributed by atoms with E-state index < -0.39 is 41.7 Å². The van der Waals surface area contributed by atoms with Crippen molar-refractivity contribution in [3.05, 3.63) is 35.6 Å². The van der Waals surface area contributed by atoms with Gasteiger partial charge < -0.3 is 20.4 Å². The minimum Gasteiger partial charge on any atom is -0.336 e. The third-order valence-electron chi connectivity index (χ3n) is 8.22. The van der Waals surface area contributed by atoms with Crippen molar-refractivity contribution in [2.45, 2.75) is 74.9 Å². The van der Waals surface area contributed by atoms with Crippen LogP contribution in [0.3, 0.4) is 0 Å². The number of carbonyl (C=O) groups excluding carboxylic acids is 2. The lowest BCUT2D eigenvalue weighted by molar-refractivity contribution is -0.124. The van der Waals surface area contributed by atoms with E-state index in [1.54, 1.807) is 4.90 Å². The Labute approximate surface area is 209 Å². The number of nitrogens with one attached hydrogen (secondary N) is 2. The number of benzene rings is 1. The van der Waals surface area contributed by atoms with Crippen LogP contribution in [0.25, 0.3) is 0 Å². The van der Waals surface area contributed by atoms with Crippen LogP contribution in [0.15, 0.2) is 24.3 Å².